The van der Waals surface area contributed by atoms with Crippen molar-refractivity contribution >= 4 is 51.2 Å². The van der Waals surface area contributed by atoms with Crippen LogP contribution < -0.4 is 10.7 Å². The molecule has 0 radical (unpaired) electrons. The van der Waals surface area contributed by atoms with E-state index in [0.29, 0.717) is 11.0 Å². The number of benzene rings is 2. The summed E-state index contributed by atoms with van der Waals surface area (Å²) >= 11 is 8.69. The molecule has 5 heteroatoms. The predicted octanol–water partition coefficient (Wildman–Crippen LogP) is 5.52. The van der Waals surface area contributed by atoms with Crippen LogP contribution in [0, 0.1) is 0 Å². The van der Waals surface area contributed by atoms with Crippen molar-refractivity contribution in [2.75, 3.05) is 5.32 Å². The number of thiocarbonyl (C=S) groups is 1. The van der Waals surface area contributed by atoms with Gasteiger partial charge in [-0.25, -0.2) is 0 Å². The Balaban J connectivity index is 1.85. The largest absolute Gasteiger partial charge is 0.331 e. The van der Waals surface area contributed by atoms with E-state index in [9.17, 15) is 0 Å². The second-order valence-electron chi connectivity index (χ2n) is 5.54. The van der Waals surface area contributed by atoms with Gasteiger partial charge in [0.2, 0.25) is 0 Å². The molecule has 124 valence electrons. The van der Waals surface area contributed by atoms with E-state index in [0.717, 1.165) is 15.7 Å². The number of nitrogens with zero attached hydrogens (tertiary/aromatic N) is 1. The first kappa shape index (κ1) is 18.4. The molecule has 0 spiro atoms. The van der Waals surface area contributed by atoms with Gasteiger partial charge in [-0.1, -0.05) is 56.3 Å². The smallest absolute Gasteiger partial charge is 0.191 e. The summed E-state index contributed by atoms with van der Waals surface area (Å²) in [6, 6.07) is 18.2. The number of anilines is 1. The van der Waals surface area contributed by atoms with E-state index in [1.54, 1.807) is 6.21 Å². The van der Waals surface area contributed by atoms with Gasteiger partial charge >= 0.3 is 0 Å². The topological polar surface area (TPSA) is 36.4 Å². The normalized spacial score (nSPS) is 11.8. The molecule has 0 bridgehead atoms. The summed E-state index contributed by atoms with van der Waals surface area (Å²) in [7, 11) is 0. The summed E-state index contributed by atoms with van der Waals surface area (Å²) < 4.78 is 0.852. The molecule has 2 aromatic rings. The lowest BCUT2D eigenvalue weighted by atomic mass is 10.0. The molecule has 0 aliphatic rings. The number of rotatable bonds is 5. The Kier molecular flexibility index (Phi) is 7.15. The average Bonchev–Trinajstić information content (AvgIpc) is 2.56. The highest BCUT2D eigenvalue weighted by Crippen LogP contribution is 2.17. The monoisotopic (exact) mass is 401 g/mol. The SMILES string of the molecule is CC(C)c1ccc(NC(=S)N/N=C\C(Br)=C\c2ccccc2)cc1. The van der Waals surface area contributed by atoms with Crippen molar-refractivity contribution in [2.24, 2.45) is 5.10 Å². The first-order valence-corrected chi connectivity index (χ1v) is 8.87. The molecule has 0 amide bonds. The fourth-order valence-electron chi connectivity index (χ4n) is 2.01. The number of halogens is 1. The highest BCUT2D eigenvalue weighted by atomic mass is 79.9. The van der Waals surface area contributed by atoms with Crippen molar-refractivity contribution in [3.8, 4) is 0 Å². The summed E-state index contributed by atoms with van der Waals surface area (Å²) in [5.74, 6) is 0.516. The summed E-state index contributed by atoms with van der Waals surface area (Å²) in [5.41, 5.74) is 6.14. The van der Waals surface area contributed by atoms with Crippen LogP contribution in [-0.4, -0.2) is 11.3 Å². The van der Waals surface area contributed by atoms with E-state index >= 15 is 0 Å². The highest BCUT2D eigenvalue weighted by Gasteiger charge is 2.00. The van der Waals surface area contributed by atoms with Gasteiger partial charge in [0.05, 0.1) is 6.21 Å². The first-order chi connectivity index (χ1) is 11.5. The van der Waals surface area contributed by atoms with Crippen molar-refractivity contribution in [2.45, 2.75) is 19.8 Å². The lowest BCUT2D eigenvalue weighted by Gasteiger charge is -2.09. The Bertz CT molecular complexity index is 722. The minimum atomic E-state index is 0.448. The zero-order chi connectivity index (χ0) is 17.4. The molecule has 0 saturated carbocycles. The number of hydrogen-bond donors (Lipinski definition) is 2. The second kappa shape index (κ2) is 9.35. The third kappa shape index (κ3) is 6.26. The molecular weight excluding hydrogens is 382 g/mol. The maximum atomic E-state index is 5.23. The minimum Gasteiger partial charge on any atom is -0.331 e. The molecular formula is C19H20BrN3S. The van der Waals surface area contributed by atoms with Gasteiger partial charge in [-0.2, -0.15) is 5.10 Å². The van der Waals surface area contributed by atoms with E-state index in [1.807, 2.05) is 48.5 Å². The molecule has 0 atom stereocenters. The average molecular weight is 402 g/mol. The molecule has 0 saturated heterocycles. The zero-order valence-electron chi connectivity index (χ0n) is 13.7. The van der Waals surface area contributed by atoms with Gasteiger partial charge in [-0.15, -0.1) is 0 Å². The van der Waals surface area contributed by atoms with Gasteiger partial charge in [0, 0.05) is 10.2 Å². The van der Waals surface area contributed by atoms with Crippen molar-refractivity contribution in [1.82, 2.24) is 5.43 Å². The molecule has 3 nitrogen and oxygen atoms in total. The fraction of sp³-hybridized carbons (Fsp3) is 0.158. The number of allylic oxidation sites excluding steroid dienone is 1. The fourth-order valence-corrected chi connectivity index (χ4v) is 2.55. The van der Waals surface area contributed by atoms with Gasteiger partial charge in [-0.3, -0.25) is 5.43 Å². The molecule has 0 fully saturated rings. The van der Waals surface area contributed by atoms with E-state index in [2.05, 4.69) is 57.8 Å². The van der Waals surface area contributed by atoms with Crippen molar-refractivity contribution in [3.63, 3.8) is 0 Å². The van der Waals surface area contributed by atoms with Gasteiger partial charge < -0.3 is 5.32 Å². The summed E-state index contributed by atoms with van der Waals surface area (Å²) in [6.45, 7) is 4.34. The van der Waals surface area contributed by atoms with Crippen LogP contribution in [0.1, 0.15) is 30.9 Å². The van der Waals surface area contributed by atoms with Crippen LogP contribution in [0.3, 0.4) is 0 Å². The Morgan fingerprint density at radius 1 is 1.08 bits per heavy atom. The molecule has 2 aromatic carbocycles. The summed E-state index contributed by atoms with van der Waals surface area (Å²) in [6.07, 6.45) is 3.65. The van der Waals surface area contributed by atoms with Crippen LogP contribution in [0.25, 0.3) is 6.08 Å². The second-order valence-corrected chi connectivity index (χ2v) is 6.86. The first-order valence-electron chi connectivity index (χ1n) is 7.67. The summed E-state index contributed by atoms with van der Waals surface area (Å²) in [4.78, 5) is 0. The van der Waals surface area contributed by atoms with Crippen LogP contribution in [-0.2, 0) is 0 Å². The Morgan fingerprint density at radius 2 is 1.75 bits per heavy atom. The number of nitrogens with one attached hydrogen (secondary N) is 2. The van der Waals surface area contributed by atoms with E-state index < -0.39 is 0 Å². The Hall–Kier alpha value is -1.98. The number of hydrazone groups is 1. The lowest BCUT2D eigenvalue weighted by molar-refractivity contribution is 0.867. The van der Waals surface area contributed by atoms with Crippen LogP contribution in [0.5, 0.6) is 0 Å². The molecule has 0 unspecified atom stereocenters. The van der Waals surface area contributed by atoms with E-state index in [1.165, 1.54) is 5.56 Å². The van der Waals surface area contributed by atoms with E-state index in [4.69, 9.17) is 12.2 Å². The number of hydrogen-bond acceptors (Lipinski definition) is 2. The van der Waals surface area contributed by atoms with Crippen LogP contribution in [0.2, 0.25) is 0 Å². The maximum absolute atomic E-state index is 5.23. The molecule has 0 aliphatic heterocycles. The van der Waals surface area contributed by atoms with Crippen LogP contribution in [0.4, 0.5) is 5.69 Å². The van der Waals surface area contributed by atoms with Crippen LogP contribution in [0.15, 0.2) is 64.2 Å². The molecule has 0 aliphatic carbocycles. The van der Waals surface area contributed by atoms with E-state index in [-0.39, 0.29) is 0 Å². The zero-order valence-corrected chi connectivity index (χ0v) is 16.1. The highest BCUT2D eigenvalue weighted by molar-refractivity contribution is 9.12. The van der Waals surface area contributed by atoms with Crippen molar-refractivity contribution in [3.05, 3.63) is 70.2 Å². The Labute approximate surface area is 157 Å². The lowest BCUT2D eigenvalue weighted by Crippen LogP contribution is -2.23. The standard InChI is InChI=1S/C19H20BrN3S/c1-14(2)16-8-10-18(11-9-16)22-19(24)23-21-13-17(20)12-15-6-4-3-5-7-15/h3-14H,1-2H3,(H2,22,23,24)/b17-12-,21-13-. The predicted molar refractivity (Wildman–Crippen MR) is 112 cm³/mol. The molecule has 2 rings (SSSR count). The molecule has 0 heterocycles. The van der Waals surface area contributed by atoms with Crippen molar-refractivity contribution < 1.29 is 0 Å². The molecule has 0 aromatic heterocycles. The Morgan fingerprint density at radius 3 is 2.38 bits per heavy atom. The quantitative estimate of drug-likeness (QED) is 0.393. The third-order valence-corrected chi connectivity index (χ3v) is 3.92. The van der Waals surface area contributed by atoms with Crippen LogP contribution >= 0.6 is 28.1 Å². The third-order valence-electron chi connectivity index (χ3n) is 3.29. The van der Waals surface area contributed by atoms with Crippen molar-refractivity contribution in [1.29, 1.82) is 0 Å². The minimum absolute atomic E-state index is 0.448. The van der Waals surface area contributed by atoms with Gasteiger partial charge in [0.15, 0.2) is 5.11 Å². The van der Waals surface area contributed by atoms with Gasteiger partial charge in [0.25, 0.3) is 0 Å². The maximum Gasteiger partial charge on any atom is 0.191 e. The van der Waals surface area contributed by atoms with Gasteiger partial charge in [0.1, 0.15) is 0 Å². The summed E-state index contributed by atoms with van der Waals surface area (Å²) in [5, 5.41) is 7.67. The van der Waals surface area contributed by atoms with Gasteiger partial charge in [-0.05, 0) is 63.4 Å². The molecule has 24 heavy (non-hydrogen) atoms. The molecule has 2 N–H and O–H groups in total.